The molecule has 2 aliphatic rings. The smallest absolute Gasteiger partial charge is 0.156 e. The second-order valence-electron chi connectivity index (χ2n) is 11.4. The van der Waals surface area contributed by atoms with E-state index in [1.807, 2.05) is 20.2 Å². The van der Waals surface area contributed by atoms with Crippen LogP contribution in [0.4, 0.5) is 5.82 Å². The van der Waals surface area contributed by atoms with E-state index in [1.165, 1.54) is 39.3 Å². The summed E-state index contributed by atoms with van der Waals surface area (Å²) in [4.78, 5) is 16.8. The van der Waals surface area contributed by atoms with E-state index in [0.29, 0.717) is 12.0 Å². The van der Waals surface area contributed by atoms with E-state index in [2.05, 4.69) is 91.4 Å². The summed E-state index contributed by atoms with van der Waals surface area (Å²) in [6.07, 6.45) is 3.68. The summed E-state index contributed by atoms with van der Waals surface area (Å²) in [7, 11) is 2.30. The quantitative estimate of drug-likeness (QED) is 0.221. The average molecular weight is 606 g/mol. The van der Waals surface area contributed by atoms with E-state index in [1.54, 1.807) is 23.1 Å². The van der Waals surface area contributed by atoms with Crippen LogP contribution < -0.4 is 9.62 Å². The van der Waals surface area contributed by atoms with Crippen LogP contribution in [-0.4, -0.2) is 46.7 Å². The zero-order chi connectivity index (χ0) is 29.6. The first-order valence-corrected chi connectivity index (χ1v) is 17.9. The van der Waals surface area contributed by atoms with E-state index in [0.717, 1.165) is 51.2 Å². The summed E-state index contributed by atoms with van der Waals surface area (Å²) < 4.78 is 4.40. The molecule has 0 saturated heterocycles. The number of anilines is 1. The summed E-state index contributed by atoms with van der Waals surface area (Å²) in [6.45, 7) is 18.6. The molecule has 2 unspecified atom stereocenters. The molecular formula is C33H43N5S3. The van der Waals surface area contributed by atoms with Gasteiger partial charge in [0, 0.05) is 41.5 Å². The van der Waals surface area contributed by atoms with Crippen molar-refractivity contribution in [3.05, 3.63) is 66.0 Å². The Morgan fingerprint density at radius 3 is 2.63 bits per heavy atom. The minimum Gasteiger partial charge on any atom is -0.364 e. The van der Waals surface area contributed by atoms with E-state index >= 15 is 0 Å². The number of pyridine rings is 1. The van der Waals surface area contributed by atoms with Gasteiger partial charge in [-0.05, 0) is 99.1 Å². The lowest BCUT2D eigenvalue weighted by Gasteiger charge is -2.28. The zero-order valence-corrected chi connectivity index (χ0v) is 27.7. The summed E-state index contributed by atoms with van der Waals surface area (Å²) in [6, 6.07) is 11.3. The lowest BCUT2D eigenvalue weighted by molar-refractivity contribution is 0.290. The van der Waals surface area contributed by atoms with Crippen molar-refractivity contribution in [3.8, 4) is 10.4 Å². The molecule has 5 rings (SSSR count). The maximum Gasteiger partial charge on any atom is 0.156 e. The van der Waals surface area contributed by atoms with Crippen molar-refractivity contribution < 1.29 is 0 Å². The van der Waals surface area contributed by atoms with E-state index in [-0.39, 0.29) is 0 Å². The molecule has 1 aliphatic carbocycles. The highest BCUT2D eigenvalue weighted by Gasteiger charge is 2.37. The largest absolute Gasteiger partial charge is 0.364 e. The molecule has 0 bridgehead atoms. The lowest BCUT2D eigenvalue weighted by Crippen LogP contribution is -2.28. The minimum atomic E-state index is -1.70. The van der Waals surface area contributed by atoms with E-state index in [9.17, 15) is 0 Å². The Hall–Kier alpha value is -2.52. The molecule has 0 spiro atoms. The third kappa shape index (κ3) is 5.89. The molecule has 5 nitrogen and oxygen atoms in total. The molecule has 1 saturated carbocycles. The van der Waals surface area contributed by atoms with Crippen LogP contribution in [0.25, 0.3) is 16.1 Å². The predicted octanol–water partition coefficient (Wildman–Crippen LogP) is 8.41. The van der Waals surface area contributed by atoms with Gasteiger partial charge in [-0.25, -0.2) is 9.97 Å². The number of benzene rings is 1. The molecule has 8 heteroatoms. The number of aryl methyl sites for hydroxylation is 1. The molecule has 0 radical (unpaired) electrons. The van der Waals surface area contributed by atoms with Crippen molar-refractivity contribution in [1.29, 1.82) is 0 Å². The van der Waals surface area contributed by atoms with Crippen molar-refractivity contribution in [2.45, 2.75) is 73.8 Å². The van der Waals surface area contributed by atoms with Crippen LogP contribution in [0.1, 0.15) is 56.9 Å². The Balaban J connectivity index is 1.47. The van der Waals surface area contributed by atoms with Gasteiger partial charge in [0.1, 0.15) is 10.8 Å². The van der Waals surface area contributed by atoms with Crippen molar-refractivity contribution in [2.75, 3.05) is 19.0 Å². The van der Waals surface area contributed by atoms with E-state index < -0.39 is 9.39 Å². The Bertz CT molecular complexity index is 1600. The fourth-order valence-electron chi connectivity index (χ4n) is 5.45. The van der Waals surface area contributed by atoms with Crippen LogP contribution in [0.2, 0.25) is 0 Å². The van der Waals surface area contributed by atoms with Gasteiger partial charge in [-0.1, -0.05) is 44.8 Å². The van der Waals surface area contributed by atoms with Crippen LogP contribution >= 0.6 is 32.5 Å². The minimum absolute atomic E-state index is 0.404. The Kier molecular flexibility index (Phi) is 8.50. The third-order valence-electron chi connectivity index (χ3n) is 8.66. The monoisotopic (exact) mass is 605 g/mol. The summed E-state index contributed by atoms with van der Waals surface area (Å²) in [5.41, 5.74) is 6.95. The highest BCUT2D eigenvalue weighted by atomic mass is 32.2. The molecule has 2 aromatic heterocycles. The van der Waals surface area contributed by atoms with Crippen LogP contribution in [0.5, 0.6) is 0 Å². The van der Waals surface area contributed by atoms with Gasteiger partial charge in [0.15, 0.2) is 4.34 Å². The molecule has 3 heterocycles. The maximum absolute atomic E-state index is 4.97. The highest BCUT2D eigenvalue weighted by molar-refractivity contribution is 8.26. The Morgan fingerprint density at radius 1 is 1.24 bits per heavy atom. The Morgan fingerprint density at radius 2 is 1.98 bits per heavy atom. The summed E-state index contributed by atoms with van der Waals surface area (Å²) in [5.74, 6) is 11.1. The first kappa shape index (κ1) is 30.0. The van der Waals surface area contributed by atoms with Gasteiger partial charge in [0.25, 0.3) is 0 Å². The highest BCUT2D eigenvalue weighted by Crippen LogP contribution is 2.49. The van der Waals surface area contributed by atoms with Gasteiger partial charge in [-0.2, -0.15) is 0 Å². The number of rotatable bonds is 11. The number of hydrogen-bond donors (Lipinski definition) is 1. The van der Waals surface area contributed by atoms with Gasteiger partial charge < -0.3 is 9.80 Å². The second kappa shape index (κ2) is 11.6. The zero-order valence-electron chi connectivity index (χ0n) is 25.3. The summed E-state index contributed by atoms with van der Waals surface area (Å²) >= 11 is 3.34. The fourth-order valence-corrected chi connectivity index (χ4v) is 8.77. The molecule has 2 atom stereocenters. The lowest BCUT2D eigenvalue weighted by atomic mass is 10.0. The average Bonchev–Trinajstić information content (AvgIpc) is 3.68. The number of fused-ring (bicyclic) bond motifs is 1. The van der Waals surface area contributed by atoms with Crippen molar-refractivity contribution in [3.63, 3.8) is 0 Å². The van der Waals surface area contributed by atoms with Crippen molar-refractivity contribution in [2.24, 2.45) is 11.8 Å². The van der Waals surface area contributed by atoms with Crippen LogP contribution in [0, 0.1) is 18.8 Å². The molecule has 1 aliphatic heterocycles. The second-order valence-corrected chi connectivity index (χ2v) is 16.3. The molecule has 0 amide bonds. The first-order chi connectivity index (χ1) is 19.4. The first-order valence-electron chi connectivity index (χ1n) is 14.3. The number of aromatic nitrogens is 2. The number of hydrogen-bond acceptors (Lipinski definition) is 7. The normalized spacial score (nSPS) is 16.5. The van der Waals surface area contributed by atoms with Gasteiger partial charge in [0.05, 0.1) is 10.6 Å². The topological polar surface area (TPSA) is 44.3 Å². The molecule has 1 N–H and O–H groups in total. The van der Waals surface area contributed by atoms with Crippen LogP contribution in [0.3, 0.4) is 0 Å². The van der Waals surface area contributed by atoms with Gasteiger partial charge in [-0.15, -0.1) is 20.7 Å². The number of thiazole rings is 1. The number of nitrogens with zero attached hydrogens (tertiary/aromatic N) is 4. The number of allylic oxidation sites excluding steroid dienone is 1. The molecule has 218 valence electrons. The van der Waals surface area contributed by atoms with Gasteiger partial charge in [-0.3, -0.25) is 4.72 Å². The fraction of sp³-hybridized carbons (Fsp3) is 0.394. The van der Waals surface area contributed by atoms with Crippen molar-refractivity contribution in [1.82, 2.24) is 19.6 Å². The van der Waals surface area contributed by atoms with E-state index in [4.69, 9.17) is 9.97 Å². The third-order valence-corrected chi connectivity index (χ3v) is 12.8. The molecule has 1 fully saturated rings. The molecule has 1 aromatic carbocycles. The predicted molar refractivity (Wildman–Crippen MR) is 184 cm³/mol. The van der Waals surface area contributed by atoms with Gasteiger partial charge in [0.2, 0.25) is 0 Å². The molecule has 41 heavy (non-hydrogen) atoms. The van der Waals surface area contributed by atoms with Crippen LogP contribution in [-0.2, 0) is 6.54 Å². The Labute approximate surface area is 255 Å². The molecule has 3 aromatic rings. The number of nitrogens with one attached hydrogen (secondary N) is 1. The maximum atomic E-state index is 4.97. The van der Waals surface area contributed by atoms with Gasteiger partial charge >= 0.3 is 0 Å². The summed E-state index contributed by atoms with van der Waals surface area (Å²) in [5, 5.41) is 0.927. The molecular weight excluding hydrogens is 563 g/mol. The van der Waals surface area contributed by atoms with Crippen LogP contribution in [0.15, 0.2) is 63.4 Å². The van der Waals surface area contributed by atoms with Crippen molar-refractivity contribution >= 4 is 55.7 Å². The SMILES string of the molecule is C=C(C(C)CC)N(C)c1cccc(Sc2nc(C)c(-c3cc4c(c(S(=C)(=C)NC)c3)C(=C)N(C(C)C3CC3)C4)s2)n1. The standard InChI is InChI=1S/C33H43N5S3/c1-11-20(2)22(4)37(8)29-13-12-14-30(36-29)39-33-35-21(3)32(40-33)26-17-27-19-38(23(5)25-15-16-25)24(6)31(27)28(18-26)41(9,10)34-7/h12-14,17-18,20,23,25,34H,4,6,9-11,15-16,19H2,1-3,5,7-8H3.